The van der Waals surface area contributed by atoms with Crippen LogP contribution in [-0.4, -0.2) is 54.1 Å². The van der Waals surface area contributed by atoms with E-state index in [2.05, 4.69) is 4.98 Å². The molecular formula is C22H27FN2O4S. The van der Waals surface area contributed by atoms with E-state index in [1.807, 2.05) is 19.2 Å². The lowest BCUT2D eigenvalue weighted by molar-refractivity contribution is -0.0466. The minimum Gasteiger partial charge on any atom is -0.490 e. The van der Waals surface area contributed by atoms with Gasteiger partial charge < -0.3 is 19.1 Å². The molecule has 0 radical (unpaired) electrons. The number of rotatable bonds is 5. The molecule has 0 saturated carbocycles. The molecule has 1 amide bonds. The predicted molar refractivity (Wildman–Crippen MR) is 112 cm³/mol. The average Bonchev–Trinajstić information content (AvgIpc) is 3.32. The van der Waals surface area contributed by atoms with Crippen LogP contribution < -0.4 is 4.74 Å². The molecule has 0 aliphatic carbocycles. The van der Waals surface area contributed by atoms with E-state index in [0.29, 0.717) is 30.8 Å². The number of ether oxygens (including phenoxy) is 3. The molecule has 8 heteroatoms. The molecular weight excluding hydrogens is 407 g/mol. The molecule has 0 spiro atoms. The van der Waals surface area contributed by atoms with Crippen LogP contribution in [0.5, 0.6) is 5.75 Å². The van der Waals surface area contributed by atoms with Crippen LogP contribution in [0.1, 0.15) is 46.9 Å². The number of hydrogen-bond donors (Lipinski definition) is 0. The lowest BCUT2D eigenvalue weighted by Crippen LogP contribution is -2.53. The highest BCUT2D eigenvalue weighted by Crippen LogP contribution is 2.43. The molecule has 2 aliphatic rings. The number of amides is 1. The highest BCUT2D eigenvalue weighted by atomic mass is 32.1. The van der Waals surface area contributed by atoms with Crippen molar-refractivity contribution in [1.82, 2.24) is 9.88 Å². The van der Waals surface area contributed by atoms with E-state index in [0.717, 1.165) is 16.3 Å². The number of piperidine rings is 1. The van der Waals surface area contributed by atoms with Crippen molar-refractivity contribution in [3.05, 3.63) is 45.4 Å². The predicted octanol–water partition coefficient (Wildman–Crippen LogP) is 4.00. The Hall–Kier alpha value is -2.03. The summed E-state index contributed by atoms with van der Waals surface area (Å²) in [6.07, 6.45) is 0.394. The first kappa shape index (κ1) is 21.2. The van der Waals surface area contributed by atoms with E-state index in [-0.39, 0.29) is 25.4 Å². The number of aromatic nitrogens is 1. The summed E-state index contributed by atoms with van der Waals surface area (Å²) >= 11 is 1.59. The van der Waals surface area contributed by atoms with Crippen LogP contribution in [0.4, 0.5) is 4.39 Å². The fourth-order valence-electron chi connectivity index (χ4n) is 3.96. The number of fused-ring (bicyclic) bond motifs is 1. The van der Waals surface area contributed by atoms with Gasteiger partial charge in [0.15, 0.2) is 0 Å². The van der Waals surface area contributed by atoms with Crippen LogP contribution in [0.25, 0.3) is 0 Å². The van der Waals surface area contributed by atoms with Crippen molar-refractivity contribution in [2.24, 2.45) is 0 Å². The summed E-state index contributed by atoms with van der Waals surface area (Å²) in [5.41, 5.74) is 0.284. The fraction of sp³-hybridized carbons (Fsp3) is 0.545. The number of aryl methyl sites for hydroxylation is 2. The molecule has 2 aromatic rings. The van der Waals surface area contributed by atoms with Crippen molar-refractivity contribution in [3.8, 4) is 5.75 Å². The summed E-state index contributed by atoms with van der Waals surface area (Å²) in [5, 5.41) is 3.01. The third-order valence-corrected chi connectivity index (χ3v) is 6.35. The number of carbonyl (C=O) groups is 1. The highest BCUT2D eigenvalue weighted by molar-refractivity contribution is 7.09. The van der Waals surface area contributed by atoms with Crippen molar-refractivity contribution < 1.29 is 23.4 Å². The van der Waals surface area contributed by atoms with Gasteiger partial charge in [-0.05, 0) is 51.5 Å². The summed E-state index contributed by atoms with van der Waals surface area (Å²) in [5.74, 6) is 0.524. The minimum absolute atomic E-state index is 0.0372. The number of likely N-dealkylation sites (tertiary alicyclic amines) is 1. The molecule has 30 heavy (non-hydrogen) atoms. The number of halogens is 1. The zero-order chi connectivity index (χ0) is 21.5. The minimum atomic E-state index is -1.42. The molecule has 0 bridgehead atoms. The fourth-order valence-corrected chi connectivity index (χ4v) is 4.65. The van der Waals surface area contributed by atoms with Crippen LogP contribution >= 0.6 is 11.3 Å². The zero-order valence-electron chi connectivity index (χ0n) is 17.7. The van der Waals surface area contributed by atoms with Gasteiger partial charge in [-0.1, -0.05) is 0 Å². The number of benzene rings is 1. The Morgan fingerprint density at radius 1 is 1.43 bits per heavy atom. The molecule has 2 unspecified atom stereocenters. The summed E-state index contributed by atoms with van der Waals surface area (Å²) < 4.78 is 31.1. The first-order chi connectivity index (χ1) is 14.2. The van der Waals surface area contributed by atoms with Crippen molar-refractivity contribution in [3.63, 3.8) is 0 Å². The molecule has 4 rings (SSSR count). The Morgan fingerprint density at radius 2 is 2.23 bits per heavy atom. The number of thiazole rings is 1. The highest BCUT2D eigenvalue weighted by Gasteiger charge is 2.52. The zero-order valence-corrected chi connectivity index (χ0v) is 18.6. The van der Waals surface area contributed by atoms with Gasteiger partial charge >= 0.3 is 0 Å². The van der Waals surface area contributed by atoms with E-state index in [1.165, 1.54) is 13.8 Å². The number of hydrogen-bond acceptors (Lipinski definition) is 6. The van der Waals surface area contributed by atoms with Crippen LogP contribution in [0, 0.1) is 13.8 Å². The maximum atomic E-state index is 13.7. The van der Waals surface area contributed by atoms with Gasteiger partial charge in [0, 0.05) is 23.9 Å². The maximum Gasteiger partial charge on any atom is 0.253 e. The van der Waals surface area contributed by atoms with Gasteiger partial charge in [0.05, 0.1) is 17.2 Å². The first-order valence-electron chi connectivity index (χ1n) is 10.1. The van der Waals surface area contributed by atoms with E-state index in [9.17, 15) is 9.18 Å². The van der Waals surface area contributed by atoms with Gasteiger partial charge in [-0.25, -0.2) is 9.37 Å². The topological polar surface area (TPSA) is 60.9 Å². The molecule has 162 valence electrons. The second kappa shape index (κ2) is 7.90. The maximum absolute atomic E-state index is 13.7. The third-order valence-electron chi connectivity index (χ3n) is 5.58. The monoisotopic (exact) mass is 434 g/mol. The van der Waals surface area contributed by atoms with Crippen molar-refractivity contribution in [2.45, 2.75) is 51.5 Å². The quantitative estimate of drug-likeness (QED) is 0.712. The Balaban J connectivity index is 1.47. The van der Waals surface area contributed by atoms with E-state index < -0.39 is 11.3 Å². The Morgan fingerprint density at radius 3 is 2.90 bits per heavy atom. The Kier molecular flexibility index (Phi) is 5.59. The van der Waals surface area contributed by atoms with Crippen LogP contribution in [0.2, 0.25) is 0 Å². The number of nitrogens with zero attached hydrogens (tertiary/aromatic N) is 2. The van der Waals surface area contributed by atoms with Gasteiger partial charge in [0.1, 0.15) is 36.5 Å². The molecule has 2 fully saturated rings. The van der Waals surface area contributed by atoms with Crippen LogP contribution in [0.3, 0.4) is 0 Å². The van der Waals surface area contributed by atoms with Crippen LogP contribution in [-0.2, 0) is 15.1 Å². The number of carbonyl (C=O) groups excluding carboxylic acids is 1. The third kappa shape index (κ3) is 4.08. The standard InChI is InChI=1S/C22H27FN2O4S/c1-14-9-16(5-6-17(14)27-12-21(3,4)23)20(26)25-8-7-22(18-11-30-15(2)24-18)19(10-25)28-13-29-22/h5-6,9,11,19H,7-8,10,12-13H2,1-4H3. The van der Waals surface area contributed by atoms with Crippen molar-refractivity contribution in [2.75, 3.05) is 26.5 Å². The molecule has 6 nitrogen and oxygen atoms in total. The van der Waals surface area contributed by atoms with Gasteiger partial charge in [0.25, 0.3) is 5.91 Å². The molecule has 2 aliphatic heterocycles. The van der Waals surface area contributed by atoms with Gasteiger partial charge in [-0.15, -0.1) is 11.3 Å². The molecule has 2 atom stereocenters. The van der Waals surface area contributed by atoms with Crippen molar-refractivity contribution >= 4 is 17.2 Å². The summed E-state index contributed by atoms with van der Waals surface area (Å²) in [6, 6.07) is 5.25. The summed E-state index contributed by atoms with van der Waals surface area (Å²) in [4.78, 5) is 19.6. The van der Waals surface area contributed by atoms with Gasteiger partial charge in [0.2, 0.25) is 0 Å². The molecule has 3 heterocycles. The summed E-state index contributed by atoms with van der Waals surface area (Å²) in [7, 11) is 0. The van der Waals surface area contributed by atoms with E-state index in [1.54, 1.807) is 34.4 Å². The van der Waals surface area contributed by atoms with Crippen molar-refractivity contribution in [1.29, 1.82) is 0 Å². The van der Waals surface area contributed by atoms with E-state index >= 15 is 0 Å². The molecule has 1 aromatic heterocycles. The largest absolute Gasteiger partial charge is 0.490 e. The second-order valence-corrected chi connectivity index (χ2v) is 9.61. The second-order valence-electron chi connectivity index (χ2n) is 8.55. The SMILES string of the molecule is Cc1nc(C23CCN(C(=O)c4ccc(OCC(C)(C)F)c(C)c4)CC2OCO3)cs1. The lowest BCUT2D eigenvalue weighted by Gasteiger charge is -2.40. The van der Waals surface area contributed by atoms with Gasteiger partial charge in [-0.2, -0.15) is 0 Å². The van der Waals surface area contributed by atoms with Gasteiger partial charge in [-0.3, -0.25) is 4.79 Å². The average molecular weight is 435 g/mol. The summed E-state index contributed by atoms with van der Waals surface area (Å²) in [6.45, 7) is 7.95. The molecule has 1 aromatic carbocycles. The molecule has 0 N–H and O–H groups in total. The van der Waals surface area contributed by atoms with Crippen LogP contribution in [0.15, 0.2) is 23.6 Å². The van der Waals surface area contributed by atoms with E-state index in [4.69, 9.17) is 14.2 Å². The Bertz CT molecular complexity index is 941. The molecule has 2 saturated heterocycles. The lowest BCUT2D eigenvalue weighted by atomic mass is 9.85. The first-order valence-corrected chi connectivity index (χ1v) is 11.0. The smallest absolute Gasteiger partial charge is 0.253 e. The Labute approximate surface area is 180 Å². The number of alkyl halides is 1. The normalized spacial score (nSPS) is 24.0.